The van der Waals surface area contributed by atoms with E-state index in [2.05, 4.69) is 37.2 Å². The molecule has 0 saturated carbocycles. The Hall–Kier alpha value is -3.32. The van der Waals surface area contributed by atoms with Crippen molar-refractivity contribution in [2.75, 3.05) is 13.1 Å². The summed E-state index contributed by atoms with van der Waals surface area (Å²) in [7, 11) is 0. The van der Waals surface area contributed by atoms with Gasteiger partial charge in [0.2, 0.25) is 0 Å². The van der Waals surface area contributed by atoms with E-state index in [1.54, 1.807) is 18.6 Å². The largest absolute Gasteiger partial charge is 0.424 e. The first kappa shape index (κ1) is 16.8. The number of H-pyrrole nitrogens is 1. The van der Waals surface area contributed by atoms with Crippen molar-refractivity contribution in [3.8, 4) is 23.0 Å². The summed E-state index contributed by atoms with van der Waals surface area (Å²) in [4.78, 5) is 15.8. The number of hydrogen-bond acceptors (Lipinski definition) is 6. The van der Waals surface area contributed by atoms with Crippen molar-refractivity contribution >= 4 is 10.9 Å². The minimum Gasteiger partial charge on any atom is -0.424 e. The zero-order chi connectivity index (χ0) is 18.8. The summed E-state index contributed by atoms with van der Waals surface area (Å²) < 4.78 is 5.81. The van der Waals surface area contributed by atoms with Gasteiger partial charge in [0.1, 0.15) is 5.75 Å². The van der Waals surface area contributed by atoms with E-state index in [1.165, 1.54) is 25.9 Å². The van der Waals surface area contributed by atoms with Crippen LogP contribution in [-0.2, 0) is 6.54 Å². The topological polar surface area (TPSA) is 79.8 Å². The zero-order valence-electron chi connectivity index (χ0n) is 15.4. The van der Waals surface area contributed by atoms with Gasteiger partial charge in [0.05, 0.1) is 16.9 Å². The van der Waals surface area contributed by atoms with Crippen molar-refractivity contribution in [3.63, 3.8) is 0 Å². The Kier molecular flexibility index (Phi) is 4.42. The lowest BCUT2D eigenvalue weighted by atomic mass is 10.2. The molecule has 1 aliphatic rings. The molecule has 3 aromatic heterocycles. The highest BCUT2D eigenvalue weighted by molar-refractivity contribution is 5.80. The normalized spacial score (nSPS) is 14.6. The van der Waals surface area contributed by atoms with E-state index in [0.29, 0.717) is 11.8 Å². The van der Waals surface area contributed by atoms with E-state index in [0.717, 1.165) is 34.4 Å². The van der Waals surface area contributed by atoms with Crippen LogP contribution in [0.1, 0.15) is 18.5 Å². The molecule has 1 saturated heterocycles. The molecule has 0 bridgehead atoms. The first-order valence-corrected chi connectivity index (χ1v) is 9.45. The number of fused-ring (bicyclic) bond motifs is 1. The third-order valence-electron chi connectivity index (χ3n) is 4.95. The van der Waals surface area contributed by atoms with Gasteiger partial charge in [-0.3, -0.25) is 15.0 Å². The molecule has 7 heteroatoms. The number of hydrogen-bond donors (Lipinski definition) is 1. The first-order chi connectivity index (χ1) is 13.8. The van der Waals surface area contributed by atoms with Gasteiger partial charge in [-0.15, -0.1) is 0 Å². The van der Waals surface area contributed by atoms with Crippen LogP contribution in [0.5, 0.6) is 11.8 Å². The summed E-state index contributed by atoms with van der Waals surface area (Å²) in [5, 5.41) is 7.86. The highest BCUT2D eigenvalue weighted by Gasteiger charge is 2.12. The second kappa shape index (κ2) is 7.36. The Morgan fingerprint density at radius 1 is 1.00 bits per heavy atom. The van der Waals surface area contributed by atoms with Crippen molar-refractivity contribution in [1.82, 2.24) is 30.0 Å². The van der Waals surface area contributed by atoms with Crippen molar-refractivity contribution in [3.05, 3.63) is 60.7 Å². The van der Waals surface area contributed by atoms with Gasteiger partial charge in [-0.25, -0.2) is 9.97 Å². The van der Waals surface area contributed by atoms with Crippen LogP contribution in [-0.4, -0.2) is 43.1 Å². The van der Waals surface area contributed by atoms with Gasteiger partial charge in [-0.2, -0.15) is 5.10 Å². The van der Waals surface area contributed by atoms with Crippen LogP contribution in [0.4, 0.5) is 0 Å². The van der Waals surface area contributed by atoms with Crippen LogP contribution >= 0.6 is 0 Å². The average molecular weight is 372 g/mol. The van der Waals surface area contributed by atoms with Gasteiger partial charge in [0, 0.05) is 36.1 Å². The molecule has 7 nitrogen and oxygen atoms in total. The maximum atomic E-state index is 5.81. The number of nitrogens with zero attached hydrogens (tertiary/aromatic N) is 5. The van der Waals surface area contributed by atoms with Gasteiger partial charge in [0.15, 0.2) is 0 Å². The highest BCUT2D eigenvalue weighted by atomic mass is 16.5. The maximum absolute atomic E-state index is 5.81. The van der Waals surface area contributed by atoms with E-state index in [1.807, 2.05) is 24.3 Å². The zero-order valence-corrected chi connectivity index (χ0v) is 15.4. The number of benzene rings is 1. The molecule has 1 aromatic carbocycles. The molecule has 5 rings (SSSR count). The van der Waals surface area contributed by atoms with E-state index in [9.17, 15) is 0 Å². The number of likely N-dealkylation sites (tertiary alicyclic amines) is 1. The van der Waals surface area contributed by atoms with E-state index < -0.39 is 0 Å². The van der Waals surface area contributed by atoms with Crippen molar-refractivity contribution in [2.45, 2.75) is 19.4 Å². The standard InChI is InChI=1S/C21H20N6O/c1-2-10-27(9-1)14-17-4-3-15-11-18(5-6-19(15)25-17)28-21-22-12-16(13-23-21)20-7-8-24-26-20/h3-8,11-13H,1-2,9-10,14H2,(H,24,26). The maximum Gasteiger partial charge on any atom is 0.321 e. The van der Waals surface area contributed by atoms with Crippen molar-refractivity contribution < 1.29 is 4.74 Å². The van der Waals surface area contributed by atoms with Crippen LogP contribution in [0.15, 0.2) is 55.0 Å². The molecule has 4 aromatic rings. The SMILES string of the molecule is c1cc(-c2cnc(Oc3ccc4nc(CN5CCCC5)ccc4c3)nc2)[nH]n1. The van der Waals surface area contributed by atoms with E-state index in [4.69, 9.17) is 9.72 Å². The number of aromatic amines is 1. The number of pyridine rings is 1. The van der Waals surface area contributed by atoms with Gasteiger partial charge >= 0.3 is 6.01 Å². The fourth-order valence-corrected chi connectivity index (χ4v) is 3.50. The molecular formula is C21H20N6O. The number of ether oxygens (including phenoxy) is 1. The van der Waals surface area contributed by atoms with Crippen LogP contribution in [0.2, 0.25) is 0 Å². The summed E-state index contributed by atoms with van der Waals surface area (Å²) in [6.07, 6.45) is 7.70. The Bertz CT molecular complexity index is 1070. The van der Waals surface area contributed by atoms with Crippen LogP contribution in [0, 0.1) is 0 Å². The summed E-state index contributed by atoms with van der Waals surface area (Å²) in [5.74, 6) is 0.691. The lowest BCUT2D eigenvalue weighted by molar-refractivity contribution is 0.327. The molecule has 1 fully saturated rings. The molecule has 4 heterocycles. The molecule has 0 spiro atoms. The second-order valence-electron chi connectivity index (χ2n) is 6.97. The number of rotatable bonds is 5. The van der Waals surface area contributed by atoms with Crippen LogP contribution in [0.25, 0.3) is 22.2 Å². The fourth-order valence-electron chi connectivity index (χ4n) is 3.50. The average Bonchev–Trinajstić information content (AvgIpc) is 3.43. The molecule has 0 amide bonds. The summed E-state index contributed by atoms with van der Waals surface area (Å²) in [5.41, 5.74) is 3.81. The third kappa shape index (κ3) is 3.57. The smallest absolute Gasteiger partial charge is 0.321 e. The number of aromatic nitrogens is 5. The molecule has 140 valence electrons. The van der Waals surface area contributed by atoms with Gasteiger partial charge < -0.3 is 4.74 Å². The quantitative estimate of drug-likeness (QED) is 0.574. The van der Waals surface area contributed by atoms with Gasteiger partial charge in [-0.05, 0) is 56.3 Å². The lowest BCUT2D eigenvalue weighted by Crippen LogP contribution is -2.19. The van der Waals surface area contributed by atoms with Crippen molar-refractivity contribution in [1.29, 1.82) is 0 Å². The monoisotopic (exact) mass is 372 g/mol. The molecule has 0 aliphatic carbocycles. The highest BCUT2D eigenvalue weighted by Crippen LogP contribution is 2.24. The fraction of sp³-hybridized carbons (Fsp3) is 0.238. The number of nitrogens with one attached hydrogen (secondary N) is 1. The van der Waals surface area contributed by atoms with Crippen molar-refractivity contribution in [2.24, 2.45) is 0 Å². The molecule has 28 heavy (non-hydrogen) atoms. The van der Waals surface area contributed by atoms with E-state index >= 15 is 0 Å². The Morgan fingerprint density at radius 3 is 2.64 bits per heavy atom. The predicted molar refractivity (Wildman–Crippen MR) is 106 cm³/mol. The minimum atomic E-state index is 0.307. The third-order valence-corrected chi connectivity index (χ3v) is 4.95. The first-order valence-electron chi connectivity index (χ1n) is 9.45. The summed E-state index contributed by atoms with van der Waals surface area (Å²) in [6, 6.07) is 12.2. The molecule has 0 atom stereocenters. The Balaban J connectivity index is 1.32. The summed E-state index contributed by atoms with van der Waals surface area (Å²) in [6.45, 7) is 3.27. The predicted octanol–water partition coefficient (Wildman–Crippen LogP) is 3.80. The van der Waals surface area contributed by atoms with Gasteiger partial charge in [0.25, 0.3) is 0 Å². The van der Waals surface area contributed by atoms with Crippen LogP contribution in [0.3, 0.4) is 0 Å². The molecular weight excluding hydrogens is 352 g/mol. The minimum absolute atomic E-state index is 0.307. The van der Waals surface area contributed by atoms with Crippen LogP contribution < -0.4 is 4.74 Å². The lowest BCUT2D eigenvalue weighted by Gasteiger charge is -2.14. The Morgan fingerprint density at radius 2 is 1.86 bits per heavy atom. The Labute approximate surface area is 162 Å². The molecule has 0 unspecified atom stereocenters. The van der Waals surface area contributed by atoms with Gasteiger partial charge in [-0.1, -0.05) is 6.07 Å². The second-order valence-corrected chi connectivity index (χ2v) is 6.97. The molecule has 1 aliphatic heterocycles. The molecule has 1 N–H and O–H groups in total. The summed E-state index contributed by atoms with van der Waals surface area (Å²) >= 11 is 0. The molecule has 0 radical (unpaired) electrons. The van der Waals surface area contributed by atoms with E-state index in [-0.39, 0.29) is 0 Å².